The van der Waals surface area contributed by atoms with Crippen molar-refractivity contribution < 1.29 is 0 Å². The van der Waals surface area contributed by atoms with Crippen molar-refractivity contribution in [2.24, 2.45) is 0 Å². The summed E-state index contributed by atoms with van der Waals surface area (Å²) >= 11 is 0. The molecule has 0 aromatic carbocycles. The van der Waals surface area contributed by atoms with Gasteiger partial charge in [-0.3, -0.25) is 4.90 Å². The zero-order valence-corrected chi connectivity index (χ0v) is 10.7. The summed E-state index contributed by atoms with van der Waals surface area (Å²) in [6, 6.07) is 2.93. The van der Waals surface area contributed by atoms with Crippen molar-refractivity contribution in [2.45, 2.75) is 95.2 Å². The first-order valence-electron chi connectivity index (χ1n) is 7.72. The number of rotatable bonds is 3. The third-order valence-electron chi connectivity index (χ3n) is 5.24. The van der Waals surface area contributed by atoms with Crippen LogP contribution in [0.15, 0.2) is 0 Å². The lowest BCUT2D eigenvalue weighted by molar-refractivity contribution is 0.0841. The van der Waals surface area contributed by atoms with Gasteiger partial charge in [-0.15, -0.1) is 0 Å². The van der Waals surface area contributed by atoms with Crippen LogP contribution in [0.4, 0.5) is 0 Å². The van der Waals surface area contributed by atoms with E-state index >= 15 is 0 Å². The van der Waals surface area contributed by atoms with Crippen LogP contribution in [-0.4, -0.2) is 23.0 Å². The fraction of sp³-hybridized carbons (Fsp3) is 1.00. The molecule has 3 aliphatic rings. The molecule has 0 radical (unpaired) electrons. The molecule has 0 N–H and O–H groups in total. The third kappa shape index (κ3) is 2.16. The van der Waals surface area contributed by atoms with Crippen LogP contribution in [0.5, 0.6) is 0 Å². The molecule has 3 fully saturated rings. The van der Waals surface area contributed by atoms with Crippen molar-refractivity contribution in [1.29, 1.82) is 0 Å². The first kappa shape index (κ1) is 11.1. The summed E-state index contributed by atoms with van der Waals surface area (Å²) in [5, 5.41) is 0. The average Bonchev–Trinajstić information content (AvgIpc) is 3.02. The van der Waals surface area contributed by atoms with Crippen LogP contribution < -0.4 is 0 Å². The highest BCUT2D eigenvalue weighted by Gasteiger charge is 2.36. The zero-order chi connectivity index (χ0) is 10.8. The Balaban J connectivity index is 1.70. The Kier molecular flexibility index (Phi) is 3.51. The van der Waals surface area contributed by atoms with Crippen LogP contribution in [0.1, 0.15) is 77.0 Å². The maximum Gasteiger partial charge on any atom is 0.0101 e. The smallest absolute Gasteiger partial charge is 0.0101 e. The highest BCUT2D eigenvalue weighted by Crippen LogP contribution is 2.37. The third-order valence-corrected chi connectivity index (χ3v) is 5.24. The number of hydrogen-bond donors (Lipinski definition) is 0. The van der Waals surface area contributed by atoms with E-state index in [1.165, 1.54) is 77.0 Å². The van der Waals surface area contributed by atoms with Crippen molar-refractivity contribution in [2.75, 3.05) is 0 Å². The molecule has 3 rings (SSSR count). The molecule has 1 nitrogen and oxygen atoms in total. The molecule has 1 heteroatoms. The van der Waals surface area contributed by atoms with Crippen LogP contribution in [0, 0.1) is 0 Å². The molecule has 3 aliphatic carbocycles. The molecular formula is C15H27N. The van der Waals surface area contributed by atoms with E-state index in [1.54, 1.807) is 0 Å². The summed E-state index contributed by atoms with van der Waals surface area (Å²) in [5.41, 5.74) is 0. The van der Waals surface area contributed by atoms with Crippen molar-refractivity contribution in [1.82, 2.24) is 4.90 Å². The van der Waals surface area contributed by atoms with E-state index in [0.29, 0.717) is 0 Å². The van der Waals surface area contributed by atoms with E-state index in [1.807, 2.05) is 0 Å². The molecule has 0 saturated heterocycles. The van der Waals surface area contributed by atoms with Gasteiger partial charge in [-0.1, -0.05) is 38.5 Å². The minimum absolute atomic E-state index is 0.978. The molecular weight excluding hydrogens is 194 g/mol. The summed E-state index contributed by atoms with van der Waals surface area (Å²) in [5.74, 6) is 0. The van der Waals surface area contributed by atoms with Crippen molar-refractivity contribution in [3.05, 3.63) is 0 Å². The Hall–Kier alpha value is -0.0400. The van der Waals surface area contributed by atoms with Gasteiger partial charge < -0.3 is 0 Å². The number of nitrogens with zero attached hydrogens (tertiary/aromatic N) is 1. The maximum absolute atomic E-state index is 3.02. The normalized spacial score (nSPS) is 29.8. The lowest BCUT2D eigenvalue weighted by Gasteiger charge is -2.39. The van der Waals surface area contributed by atoms with Crippen LogP contribution in [-0.2, 0) is 0 Å². The zero-order valence-electron chi connectivity index (χ0n) is 10.7. The largest absolute Gasteiger partial charge is 0.294 e. The second-order valence-corrected chi connectivity index (χ2v) is 6.26. The summed E-state index contributed by atoms with van der Waals surface area (Å²) in [6.07, 6.45) is 18.0. The van der Waals surface area contributed by atoms with Gasteiger partial charge in [-0.25, -0.2) is 0 Å². The number of hydrogen-bond acceptors (Lipinski definition) is 1. The van der Waals surface area contributed by atoms with E-state index in [-0.39, 0.29) is 0 Å². The quantitative estimate of drug-likeness (QED) is 0.693. The lowest BCUT2D eigenvalue weighted by Crippen LogP contribution is -2.46. The maximum atomic E-state index is 3.02. The Morgan fingerprint density at radius 1 is 0.438 bits per heavy atom. The second-order valence-electron chi connectivity index (χ2n) is 6.26. The van der Waals surface area contributed by atoms with E-state index in [0.717, 1.165) is 18.1 Å². The van der Waals surface area contributed by atoms with Crippen molar-refractivity contribution in [3.8, 4) is 0 Å². The van der Waals surface area contributed by atoms with Gasteiger partial charge in [0.1, 0.15) is 0 Å². The molecule has 16 heavy (non-hydrogen) atoms. The van der Waals surface area contributed by atoms with E-state index < -0.39 is 0 Å². The Morgan fingerprint density at radius 2 is 0.688 bits per heavy atom. The minimum atomic E-state index is 0.978. The fourth-order valence-electron chi connectivity index (χ4n) is 4.50. The van der Waals surface area contributed by atoms with Crippen molar-refractivity contribution in [3.63, 3.8) is 0 Å². The van der Waals surface area contributed by atoms with Gasteiger partial charge in [0.05, 0.1) is 0 Å². The van der Waals surface area contributed by atoms with E-state index in [9.17, 15) is 0 Å². The predicted molar refractivity (Wildman–Crippen MR) is 68.6 cm³/mol. The predicted octanol–water partition coefficient (Wildman–Crippen LogP) is 4.12. The summed E-state index contributed by atoms with van der Waals surface area (Å²) in [4.78, 5) is 3.02. The average molecular weight is 221 g/mol. The van der Waals surface area contributed by atoms with Gasteiger partial charge in [0, 0.05) is 18.1 Å². The van der Waals surface area contributed by atoms with Crippen LogP contribution in [0.3, 0.4) is 0 Å². The van der Waals surface area contributed by atoms with Crippen molar-refractivity contribution >= 4 is 0 Å². The van der Waals surface area contributed by atoms with E-state index in [2.05, 4.69) is 4.90 Å². The molecule has 0 aromatic rings. The van der Waals surface area contributed by atoms with E-state index in [4.69, 9.17) is 0 Å². The molecule has 0 aromatic heterocycles. The standard InChI is InChI=1S/C15H27N/c1-2-8-13(7-1)16(14-9-3-4-10-14)15-11-5-6-12-15/h13-15H,1-12H2. The van der Waals surface area contributed by atoms with Gasteiger partial charge in [0.15, 0.2) is 0 Å². The topological polar surface area (TPSA) is 3.24 Å². The first-order chi connectivity index (χ1) is 7.95. The fourth-order valence-corrected chi connectivity index (χ4v) is 4.50. The van der Waals surface area contributed by atoms with Gasteiger partial charge in [-0.05, 0) is 38.5 Å². The Morgan fingerprint density at radius 3 is 0.938 bits per heavy atom. The molecule has 0 bridgehead atoms. The monoisotopic (exact) mass is 221 g/mol. The van der Waals surface area contributed by atoms with Gasteiger partial charge >= 0.3 is 0 Å². The molecule has 0 amide bonds. The summed E-state index contributed by atoms with van der Waals surface area (Å²) < 4.78 is 0. The van der Waals surface area contributed by atoms with Gasteiger partial charge in [0.25, 0.3) is 0 Å². The highest BCUT2D eigenvalue weighted by atomic mass is 15.2. The first-order valence-corrected chi connectivity index (χ1v) is 7.72. The minimum Gasteiger partial charge on any atom is -0.294 e. The molecule has 92 valence electrons. The van der Waals surface area contributed by atoms with Crippen LogP contribution >= 0.6 is 0 Å². The summed E-state index contributed by atoms with van der Waals surface area (Å²) in [7, 11) is 0. The molecule has 0 aliphatic heterocycles. The van der Waals surface area contributed by atoms with Gasteiger partial charge in [-0.2, -0.15) is 0 Å². The SMILES string of the molecule is C1CCC(N(C2CCCC2)C2CCCC2)C1. The van der Waals surface area contributed by atoms with Crippen LogP contribution in [0.25, 0.3) is 0 Å². The van der Waals surface area contributed by atoms with Gasteiger partial charge in [0.2, 0.25) is 0 Å². The lowest BCUT2D eigenvalue weighted by atomic mass is 10.0. The molecule has 3 saturated carbocycles. The highest BCUT2D eigenvalue weighted by molar-refractivity contribution is 4.91. The molecule has 0 unspecified atom stereocenters. The molecule has 0 atom stereocenters. The second kappa shape index (κ2) is 5.08. The Labute approximate surface area is 101 Å². The summed E-state index contributed by atoms with van der Waals surface area (Å²) in [6.45, 7) is 0. The van der Waals surface area contributed by atoms with Crippen LogP contribution in [0.2, 0.25) is 0 Å². The Bertz CT molecular complexity index is 169. The molecule has 0 spiro atoms. The molecule has 0 heterocycles.